The van der Waals surface area contributed by atoms with Crippen molar-refractivity contribution < 1.29 is 14.7 Å². The van der Waals surface area contributed by atoms with Crippen molar-refractivity contribution in [3.05, 3.63) is 48.0 Å². The summed E-state index contributed by atoms with van der Waals surface area (Å²) in [6, 6.07) is 8.74. The lowest BCUT2D eigenvalue weighted by Gasteiger charge is -2.20. The van der Waals surface area contributed by atoms with Crippen molar-refractivity contribution in [2.75, 3.05) is 0 Å². The fourth-order valence-corrected chi connectivity index (χ4v) is 2.48. The molecule has 0 saturated heterocycles. The zero-order chi connectivity index (χ0) is 15.2. The maximum Gasteiger partial charge on any atom is 0.326 e. The summed E-state index contributed by atoms with van der Waals surface area (Å²) < 4.78 is 0. The molecule has 0 aromatic heterocycles. The molecule has 0 bridgehead atoms. The summed E-state index contributed by atoms with van der Waals surface area (Å²) in [6.45, 7) is 1.83. The predicted molar refractivity (Wildman–Crippen MR) is 80.9 cm³/mol. The Bertz CT molecular complexity index is 520. The van der Waals surface area contributed by atoms with Gasteiger partial charge in [-0.3, -0.25) is 4.79 Å². The van der Waals surface area contributed by atoms with Crippen molar-refractivity contribution >= 4 is 11.9 Å². The average molecular weight is 287 g/mol. The van der Waals surface area contributed by atoms with Gasteiger partial charge in [0.25, 0.3) is 0 Å². The highest BCUT2D eigenvalue weighted by atomic mass is 16.4. The van der Waals surface area contributed by atoms with Crippen LogP contribution in [0.1, 0.15) is 37.7 Å². The molecule has 1 fully saturated rings. The summed E-state index contributed by atoms with van der Waals surface area (Å²) in [5, 5.41) is 11.9. The number of nitrogens with one attached hydrogen (secondary N) is 1. The predicted octanol–water partition coefficient (Wildman–Crippen LogP) is 2.72. The molecule has 0 radical (unpaired) electrons. The molecule has 2 N–H and O–H groups in total. The molecule has 4 heteroatoms. The van der Waals surface area contributed by atoms with Crippen molar-refractivity contribution in [1.29, 1.82) is 0 Å². The zero-order valence-corrected chi connectivity index (χ0v) is 12.2. The Labute approximate surface area is 124 Å². The van der Waals surface area contributed by atoms with Crippen LogP contribution in [0.15, 0.2) is 42.5 Å². The number of allylic oxidation sites excluding steroid dienone is 1. The highest BCUT2D eigenvalue weighted by molar-refractivity contribution is 5.88. The molecule has 21 heavy (non-hydrogen) atoms. The van der Waals surface area contributed by atoms with E-state index in [0.29, 0.717) is 12.3 Å². The van der Waals surface area contributed by atoms with Gasteiger partial charge in [0, 0.05) is 0 Å². The van der Waals surface area contributed by atoms with Gasteiger partial charge in [0.15, 0.2) is 0 Å². The lowest BCUT2D eigenvalue weighted by molar-refractivity contribution is -0.142. The number of hydrogen-bond acceptors (Lipinski definition) is 2. The second-order valence-electron chi connectivity index (χ2n) is 5.43. The standard InChI is InChI=1S/C17H21NO3/c1-2-3-9-14(17(20)21)18-16(19)15(13-10-11-13)12-7-5-4-6-8-12/h2-8,13-15H,9-11H2,1H3,(H,18,19)(H,20,21)/b3-2+. The largest absolute Gasteiger partial charge is 0.480 e. The third-order valence-electron chi connectivity index (χ3n) is 3.76. The minimum absolute atomic E-state index is 0.180. The molecule has 4 nitrogen and oxygen atoms in total. The molecule has 2 unspecified atom stereocenters. The van der Waals surface area contributed by atoms with Crippen LogP contribution in [0, 0.1) is 5.92 Å². The number of benzene rings is 1. The van der Waals surface area contributed by atoms with E-state index in [1.807, 2.05) is 37.3 Å². The van der Waals surface area contributed by atoms with E-state index in [9.17, 15) is 14.7 Å². The Balaban J connectivity index is 2.10. The van der Waals surface area contributed by atoms with Gasteiger partial charge in [-0.1, -0.05) is 42.5 Å². The van der Waals surface area contributed by atoms with Gasteiger partial charge in [0.2, 0.25) is 5.91 Å². The Morgan fingerprint density at radius 3 is 2.52 bits per heavy atom. The van der Waals surface area contributed by atoms with Gasteiger partial charge in [-0.2, -0.15) is 0 Å². The van der Waals surface area contributed by atoms with Crippen molar-refractivity contribution in [1.82, 2.24) is 5.32 Å². The number of aliphatic carboxylic acids is 1. The van der Waals surface area contributed by atoms with E-state index in [2.05, 4.69) is 5.32 Å². The van der Waals surface area contributed by atoms with E-state index in [4.69, 9.17) is 0 Å². The maximum absolute atomic E-state index is 12.5. The monoisotopic (exact) mass is 287 g/mol. The van der Waals surface area contributed by atoms with Gasteiger partial charge in [-0.05, 0) is 37.7 Å². The minimum Gasteiger partial charge on any atom is -0.480 e. The molecule has 1 aromatic carbocycles. The first-order chi connectivity index (χ1) is 10.1. The van der Waals surface area contributed by atoms with Gasteiger partial charge in [-0.25, -0.2) is 4.79 Å². The number of hydrogen-bond donors (Lipinski definition) is 2. The fraction of sp³-hybridized carbons (Fsp3) is 0.412. The van der Waals surface area contributed by atoms with E-state index in [1.54, 1.807) is 12.2 Å². The molecule has 1 saturated carbocycles. The molecule has 1 amide bonds. The Morgan fingerprint density at radius 2 is 2.00 bits per heavy atom. The summed E-state index contributed by atoms with van der Waals surface area (Å²) in [5.74, 6) is -1.08. The molecule has 2 atom stereocenters. The topological polar surface area (TPSA) is 66.4 Å². The Morgan fingerprint density at radius 1 is 1.33 bits per heavy atom. The van der Waals surface area contributed by atoms with Crippen molar-refractivity contribution in [2.45, 2.75) is 38.1 Å². The molecule has 0 aliphatic heterocycles. The van der Waals surface area contributed by atoms with Crippen molar-refractivity contribution in [3.8, 4) is 0 Å². The van der Waals surface area contributed by atoms with Crippen LogP contribution < -0.4 is 5.32 Å². The SMILES string of the molecule is C/C=C/CC(NC(=O)C(c1ccccc1)C1CC1)C(=O)O. The normalized spacial score (nSPS) is 17.4. The molecule has 1 aliphatic carbocycles. The lowest BCUT2D eigenvalue weighted by atomic mass is 9.93. The highest BCUT2D eigenvalue weighted by Crippen LogP contribution is 2.42. The second-order valence-corrected chi connectivity index (χ2v) is 5.43. The first kappa shape index (κ1) is 15.3. The van der Waals surface area contributed by atoms with E-state index in [1.165, 1.54) is 0 Å². The van der Waals surface area contributed by atoms with Crippen LogP contribution in [0.5, 0.6) is 0 Å². The van der Waals surface area contributed by atoms with Gasteiger partial charge < -0.3 is 10.4 Å². The third kappa shape index (κ3) is 4.18. The summed E-state index contributed by atoms with van der Waals surface area (Å²) in [6.07, 6.45) is 5.91. The Hall–Kier alpha value is -2.10. The molecule has 112 valence electrons. The highest BCUT2D eigenvalue weighted by Gasteiger charge is 2.38. The summed E-state index contributed by atoms with van der Waals surface area (Å²) in [4.78, 5) is 23.7. The number of carboxylic acid groups (broad SMARTS) is 1. The molecule has 0 heterocycles. The van der Waals surface area contributed by atoms with E-state index < -0.39 is 12.0 Å². The summed E-state index contributed by atoms with van der Waals surface area (Å²) in [5.41, 5.74) is 0.965. The smallest absolute Gasteiger partial charge is 0.326 e. The molecular formula is C17H21NO3. The maximum atomic E-state index is 12.5. The van der Waals surface area contributed by atoms with Crippen LogP contribution in [0.3, 0.4) is 0 Å². The van der Waals surface area contributed by atoms with E-state index >= 15 is 0 Å². The molecule has 0 spiro atoms. The van der Waals surface area contributed by atoms with Crippen molar-refractivity contribution in [2.24, 2.45) is 5.92 Å². The molecule has 1 aliphatic rings. The lowest BCUT2D eigenvalue weighted by Crippen LogP contribution is -2.43. The van der Waals surface area contributed by atoms with E-state index in [-0.39, 0.29) is 11.8 Å². The molecule has 2 rings (SSSR count). The fourth-order valence-electron chi connectivity index (χ4n) is 2.48. The third-order valence-corrected chi connectivity index (χ3v) is 3.76. The summed E-state index contributed by atoms with van der Waals surface area (Å²) >= 11 is 0. The number of carbonyl (C=O) groups excluding carboxylic acids is 1. The first-order valence-corrected chi connectivity index (χ1v) is 7.32. The zero-order valence-electron chi connectivity index (χ0n) is 12.2. The quantitative estimate of drug-likeness (QED) is 0.758. The van der Waals surface area contributed by atoms with Crippen LogP contribution in [0.4, 0.5) is 0 Å². The van der Waals surface area contributed by atoms with Gasteiger partial charge >= 0.3 is 5.97 Å². The van der Waals surface area contributed by atoms with Crippen molar-refractivity contribution in [3.63, 3.8) is 0 Å². The van der Waals surface area contributed by atoms with Crippen LogP contribution in [0.2, 0.25) is 0 Å². The van der Waals surface area contributed by atoms with Gasteiger partial charge in [0.1, 0.15) is 6.04 Å². The van der Waals surface area contributed by atoms with Gasteiger partial charge in [0.05, 0.1) is 5.92 Å². The number of rotatable bonds is 7. The summed E-state index contributed by atoms with van der Waals surface area (Å²) in [7, 11) is 0. The van der Waals surface area contributed by atoms with Crippen LogP contribution in [0.25, 0.3) is 0 Å². The van der Waals surface area contributed by atoms with Crippen LogP contribution in [-0.4, -0.2) is 23.0 Å². The minimum atomic E-state index is -0.996. The molecular weight excluding hydrogens is 266 g/mol. The van der Waals surface area contributed by atoms with E-state index in [0.717, 1.165) is 18.4 Å². The van der Waals surface area contributed by atoms with Crippen LogP contribution >= 0.6 is 0 Å². The number of amides is 1. The Kier molecular flexibility index (Phi) is 5.14. The van der Waals surface area contributed by atoms with Gasteiger partial charge in [-0.15, -0.1) is 0 Å². The number of carbonyl (C=O) groups is 2. The number of carboxylic acids is 1. The average Bonchev–Trinajstić information content (AvgIpc) is 3.29. The molecule has 1 aromatic rings. The van der Waals surface area contributed by atoms with Crippen LogP contribution in [-0.2, 0) is 9.59 Å². The second kappa shape index (κ2) is 7.07. The first-order valence-electron chi connectivity index (χ1n) is 7.32.